The number of rotatable bonds is 2. The molecule has 2 aliphatic rings. The van der Waals surface area contributed by atoms with Crippen molar-refractivity contribution in [1.29, 1.82) is 0 Å². The lowest BCUT2D eigenvalue weighted by Gasteiger charge is -2.39. The van der Waals surface area contributed by atoms with Crippen LogP contribution in [0.1, 0.15) is 30.5 Å². The third-order valence-corrected chi connectivity index (χ3v) is 4.40. The van der Waals surface area contributed by atoms with Crippen LogP contribution in [-0.4, -0.2) is 40.1 Å². The number of aryl methyl sites for hydroxylation is 2. The molecule has 1 saturated carbocycles. The molecule has 19 heavy (non-hydrogen) atoms. The van der Waals surface area contributed by atoms with Crippen molar-refractivity contribution in [3.8, 4) is 0 Å². The summed E-state index contributed by atoms with van der Waals surface area (Å²) < 4.78 is 7.77. The molecule has 0 radical (unpaired) electrons. The van der Waals surface area contributed by atoms with Crippen LogP contribution in [-0.2, 0) is 11.8 Å². The Morgan fingerprint density at radius 3 is 3.00 bits per heavy atom. The van der Waals surface area contributed by atoms with Gasteiger partial charge in [-0.15, -0.1) is 0 Å². The molecule has 2 atom stereocenters. The number of hydrogen-bond donors (Lipinski definition) is 1. The number of hydrogen-bond acceptors (Lipinski definition) is 4. The standard InChI is InChI=1S/C13H20N4OS/c1-8-11(12(14)19)13(16(2)15-8)17-6-7-18-10-5-3-4-9(10)17/h9-10H,3-7H2,1-2H3,(H2,14,19). The van der Waals surface area contributed by atoms with E-state index in [1.165, 1.54) is 12.8 Å². The van der Waals surface area contributed by atoms with Gasteiger partial charge in [0.2, 0.25) is 0 Å². The van der Waals surface area contributed by atoms with Gasteiger partial charge in [-0.1, -0.05) is 12.2 Å². The number of aromatic nitrogens is 2. The van der Waals surface area contributed by atoms with E-state index < -0.39 is 0 Å². The Morgan fingerprint density at radius 2 is 2.26 bits per heavy atom. The molecule has 2 fully saturated rings. The minimum absolute atomic E-state index is 0.350. The average molecular weight is 280 g/mol. The minimum atomic E-state index is 0.350. The number of fused-ring (bicyclic) bond motifs is 1. The van der Waals surface area contributed by atoms with Gasteiger partial charge in [0.15, 0.2) is 0 Å². The van der Waals surface area contributed by atoms with E-state index in [9.17, 15) is 0 Å². The van der Waals surface area contributed by atoms with Crippen LogP contribution in [0.4, 0.5) is 5.82 Å². The van der Waals surface area contributed by atoms with Crippen LogP contribution in [0.15, 0.2) is 0 Å². The Hall–Kier alpha value is -1.14. The smallest absolute Gasteiger partial charge is 0.137 e. The van der Waals surface area contributed by atoms with E-state index in [4.69, 9.17) is 22.7 Å². The van der Waals surface area contributed by atoms with Gasteiger partial charge in [0.1, 0.15) is 10.8 Å². The number of nitrogens with two attached hydrogens (primary N) is 1. The molecule has 0 aromatic carbocycles. The number of ether oxygens (including phenoxy) is 1. The number of morpholine rings is 1. The SMILES string of the molecule is Cc1nn(C)c(N2CCOC3CCCC32)c1C(N)=S. The summed E-state index contributed by atoms with van der Waals surface area (Å²) in [6.45, 7) is 3.61. The zero-order valence-electron chi connectivity index (χ0n) is 11.4. The van der Waals surface area contributed by atoms with Gasteiger partial charge in [-0.05, 0) is 26.2 Å². The first-order chi connectivity index (χ1) is 9.09. The summed E-state index contributed by atoms with van der Waals surface area (Å²) in [6, 6.07) is 0.441. The van der Waals surface area contributed by atoms with E-state index >= 15 is 0 Å². The van der Waals surface area contributed by atoms with Gasteiger partial charge in [-0.25, -0.2) is 0 Å². The summed E-state index contributed by atoms with van der Waals surface area (Å²) in [5.74, 6) is 1.06. The molecule has 0 bridgehead atoms. The predicted molar refractivity (Wildman–Crippen MR) is 78.6 cm³/mol. The molecule has 0 spiro atoms. The van der Waals surface area contributed by atoms with Crippen LogP contribution >= 0.6 is 12.2 Å². The third-order valence-electron chi connectivity index (χ3n) is 4.19. The highest BCUT2D eigenvalue weighted by Gasteiger charge is 2.38. The highest BCUT2D eigenvalue weighted by molar-refractivity contribution is 7.80. The molecule has 1 aromatic rings. The van der Waals surface area contributed by atoms with Gasteiger partial charge in [-0.2, -0.15) is 5.10 Å². The summed E-state index contributed by atoms with van der Waals surface area (Å²) in [4.78, 5) is 2.83. The van der Waals surface area contributed by atoms with Crippen LogP contribution in [0.3, 0.4) is 0 Å². The van der Waals surface area contributed by atoms with Crippen molar-refractivity contribution < 1.29 is 4.74 Å². The number of anilines is 1. The lowest BCUT2D eigenvalue weighted by Crippen LogP contribution is -2.49. The summed E-state index contributed by atoms with van der Waals surface area (Å²) in [6.07, 6.45) is 3.90. The Morgan fingerprint density at radius 1 is 1.47 bits per heavy atom. The van der Waals surface area contributed by atoms with Gasteiger partial charge in [0, 0.05) is 13.6 Å². The molecule has 2 N–H and O–H groups in total. The maximum atomic E-state index is 5.89. The molecular weight excluding hydrogens is 260 g/mol. The Balaban J connectivity index is 2.03. The summed E-state index contributed by atoms with van der Waals surface area (Å²) in [7, 11) is 1.96. The number of thiocarbonyl (C=S) groups is 1. The highest BCUT2D eigenvalue weighted by Crippen LogP contribution is 2.35. The zero-order chi connectivity index (χ0) is 13.6. The summed E-state index contributed by atoms with van der Waals surface area (Å²) >= 11 is 5.21. The molecule has 0 amide bonds. The van der Waals surface area contributed by atoms with Gasteiger partial charge >= 0.3 is 0 Å². The fourth-order valence-corrected chi connectivity index (χ4v) is 3.69. The zero-order valence-corrected chi connectivity index (χ0v) is 12.2. The highest BCUT2D eigenvalue weighted by atomic mass is 32.1. The molecule has 1 saturated heterocycles. The topological polar surface area (TPSA) is 56.3 Å². The molecule has 2 heterocycles. The van der Waals surface area contributed by atoms with Crippen LogP contribution in [0.25, 0.3) is 0 Å². The van der Waals surface area contributed by atoms with E-state index in [-0.39, 0.29) is 0 Å². The van der Waals surface area contributed by atoms with Crippen LogP contribution in [0.5, 0.6) is 0 Å². The van der Waals surface area contributed by atoms with Crippen molar-refractivity contribution in [3.63, 3.8) is 0 Å². The maximum absolute atomic E-state index is 5.89. The quantitative estimate of drug-likeness (QED) is 0.823. The molecule has 104 valence electrons. The Labute approximate surface area is 118 Å². The average Bonchev–Trinajstić information content (AvgIpc) is 2.92. The largest absolute Gasteiger partial charge is 0.389 e. The lowest BCUT2D eigenvalue weighted by molar-refractivity contribution is 0.0250. The molecule has 1 aliphatic carbocycles. The van der Waals surface area contributed by atoms with Crippen molar-refractivity contribution in [3.05, 3.63) is 11.3 Å². The van der Waals surface area contributed by atoms with Crippen molar-refractivity contribution in [2.45, 2.75) is 38.3 Å². The van der Waals surface area contributed by atoms with E-state index in [1.54, 1.807) is 0 Å². The molecule has 6 heteroatoms. The van der Waals surface area contributed by atoms with Crippen LogP contribution < -0.4 is 10.6 Å². The third kappa shape index (κ3) is 2.03. The fraction of sp³-hybridized carbons (Fsp3) is 0.692. The molecular formula is C13H20N4OS. The van der Waals surface area contributed by atoms with Crippen molar-refractivity contribution in [2.75, 3.05) is 18.1 Å². The van der Waals surface area contributed by atoms with Gasteiger partial charge < -0.3 is 15.4 Å². The Bertz CT molecular complexity index is 513. The van der Waals surface area contributed by atoms with E-state index in [1.807, 2.05) is 18.7 Å². The first-order valence-corrected chi connectivity index (χ1v) is 7.22. The predicted octanol–water partition coefficient (Wildman–Crippen LogP) is 1.12. The van der Waals surface area contributed by atoms with Crippen molar-refractivity contribution in [2.24, 2.45) is 12.8 Å². The minimum Gasteiger partial charge on any atom is -0.389 e. The molecule has 3 rings (SSSR count). The summed E-state index contributed by atoms with van der Waals surface area (Å²) in [5, 5.41) is 4.49. The monoisotopic (exact) mass is 280 g/mol. The first-order valence-electron chi connectivity index (χ1n) is 6.81. The van der Waals surface area contributed by atoms with E-state index in [2.05, 4.69) is 10.00 Å². The van der Waals surface area contributed by atoms with Gasteiger partial charge in [0.05, 0.1) is 30.0 Å². The second-order valence-electron chi connectivity index (χ2n) is 5.37. The van der Waals surface area contributed by atoms with E-state index in [0.29, 0.717) is 17.1 Å². The van der Waals surface area contributed by atoms with E-state index in [0.717, 1.165) is 36.6 Å². The maximum Gasteiger partial charge on any atom is 0.137 e. The normalized spacial score (nSPS) is 26.5. The van der Waals surface area contributed by atoms with Crippen LogP contribution in [0.2, 0.25) is 0 Å². The van der Waals surface area contributed by atoms with Crippen molar-refractivity contribution in [1.82, 2.24) is 9.78 Å². The molecule has 2 unspecified atom stereocenters. The van der Waals surface area contributed by atoms with Crippen LogP contribution in [0, 0.1) is 6.92 Å². The first kappa shape index (κ1) is 12.9. The fourth-order valence-electron chi connectivity index (χ4n) is 3.45. The van der Waals surface area contributed by atoms with Gasteiger partial charge in [0.25, 0.3) is 0 Å². The second kappa shape index (κ2) is 4.76. The Kier molecular flexibility index (Phi) is 3.22. The molecule has 1 aliphatic heterocycles. The molecule has 1 aromatic heterocycles. The van der Waals surface area contributed by atoms with Crippen molar-refractivity contribution >= 4 is 23.0 Å². The number of nitrogens with zero attached hydrogens (tertiary/aromatic N) is 3. The summed E-state index contributed by atoms with van der Waals surface area (Å²) in [5.41, 5.74) is 7.72. The lowest BCUT2D eigenvalue weighted by atomic mass is 10.1. The van der Waals surface area contributed by atoms with Gasteiger partial charge in [-0.3, -0.25) is 4.68 Å². The second-order valence-corrected chi connectivity index (χ2v) is 5.81. The molecule has 5 nitrogen and oxygen atoms in total.